The Kier molecular flexibility index (Phi) is 13.9. The average molecular weight is 932 g/mol. The standard InChI is InChI=1S/C36H44N10O12P2SSi/c1-36(2,3)62(4,5)58-29-28(56-59(50)51)24(55-35(29)46-20-42-26-30(38-17-39-31(26)46)44-33(48)21-10-7-6-8-11-21)16-53-60(61,52-13-9-12-37)57-22-14-25(54-23(22)15-47)45-19-43-27-32(45)40-18-41-34(27)49/h6-8,10-11,17-20,22-25,28-29,35,47H,9,13-16H2,1-5H3,(H2-,38,39,40,41,44,48,49,50,51)/p+1. The number of imidazole rings is 2. The molecule has 6 heterocycles. The zero-order chi connectivity index (χ0) is 44.4. The fourth-order valence-electron chi connectivity index (χ4n) is 6.69. The van der Waals surface area contributed by atoms with Crippen LogP contribution in [-0.2, 0) is 48.4 Å². The van der Waals surface area contributed by atoms with Gasteiger partial charge in [0.15, 0.2) is 48.8 Å². The molecule has 5 aromatic rings. The second kappa shape index (κ2) is 18.8. The third-order valence-corrected chi connectivity index (χ3v) is 18.1. The molecule has 7 rings (SSSR count). The monoisotopic (exact) mass is 931 g/mol. The third-order valence-electron chi connectivity index (χ3n) is 10.8. The number of anilines is 1. The maximum Gasteiger partial charge on any atom is 0.695 e. The summed E-state index contributed by atoms with van der Waals surface area (Å²) in [5, 5.41) is 22.1. The number of aromatic nitrogens is 8. The lowest BCUT2D eigenvalue weighted by Crippen LogP contribution is -2.49. The topological polar surface area (TPSA) is 282 Å². The van der Waals surface area contributed by atoms with Gasteiger partial charge in [-0.1, -0.05) is 39.0 Å². The Morgan fingerprint density at radius 3 is 2.50 bits per heavy atom. The van der Waals surface area contributed by atoms with E-state index in [9.17, 15) is 29.4 Å². The van der Waals surface area contributed by atoms with Crippen molar-refractivity contribution in [3.63, 3.8) is 0 Å². The fraction of sp³-hybridized carbons (Fsp3) is 0.500. The second-order valence-electron chi connectivity index (χ2n) is 15.8. The van der Waals surface area contributed by atoms with E-state index in [2.05, 4.69) is 35.2 Å². The molecular weight excluding hydrogens is 887 g/mol. The molecule has 4 aromatic heterocycles. The van der Waals surface area contributed by atoms with Gasteiger partial charge in [-0.05, 0) is 42.1 Å². The number of benzene rings is 1. The molecule has 26 heteroatoms. The van der Waals surface area contributed by atoms with E-state index in [0.29, 0.717) is 5.56 Å². The molecule has 0 spiro atoms. The van der Waals surface area contributed by atoms with Crippen molar-refractivity contribution in [2.75, 3.05) is 25.1 Å². The van der Waals surface area contributed by atoms with Crippen molar-refractivity contribution >= 4 is 69.2 Å². The normalized spacial score (nSPS) is 24.3. The number of fused-ring (bicyclic) bond motifs is 2. The van der Waals surface area contributed by atoms with Gasteiger partial charge in [-0.3, -0.25) is 18.7 Å². The Balaban J connectivity index is 1.18. The molecule has 2 fully saturated rings. The Morgan fingerprint density at radius 1 is 1.06 bits per heavy atom. The summed E-state index contributed by atoms with van der Waals surface area (Å²) in [5.74, 6) is -0.288. The van der Waals surface area contributed by atoms with Gasteiger partial charge in [0, 0.05) is 16.5 Å². The number of amides is 1. The molecule has 22 nitrogen and oxygen atoms in total. The summed E-state index contributed by atoms with van der Waals surface area (Å²) in [6.07, 6.45) is -1.86. The first-order valence-corrected chi connectivity index (χ1v) is 25.9. The highest BCUT2D eigenvalue weighted by Gasteiger charge is 2.55. The van der Waals surface area contributed by atoms with E-state index in [4.69, 9.17) is 43.8 Å². The number of aromatic amines is 1. The molecule has 0 radical (unpaired) electrons. The quantitative estimate of drug-likeness (QED) is 0.0572. The van der Waals surface area contributed by atoms with E-state index < -0.39 is 90.9 Å². The first-order valence-electron chi connectivity index (χ1n) is 19.3. The number of aliphatic hydroxyl groups excluding tert-OH is 1. The molecule has 2 saturated heterocycles. The Morgan fingerprint density at radius 2 is 1.79 bits per heavy atom. The molecule has 9 unspecified atom stereocenters. The van der Waals surface area contributed by atoms with Crippen molar-refractivity contribution in [2.24, 2.45) is 0 Å². The number of rotatable bonds is 17. The Hall–Kier alpha value is -4.31. The highest BCUT2D eigenvalue weighted by atomic mass is 32.5. The lowest BCUT2D eigenvalue weighted by molar-refractivity contribution is -0.0545. The molecule has 4 N–H and O–H groups in total. The molecular formula is C36H45N10O12P2SSi+. The van der Waals surface area contributed by atoms with Crippen LogP contribution in [0.3, 0.4) is 0 Å². The lowest BCUT2D eigenvalue weighted by atomic mass is 10.1. The van der Waals surface area contributed by atoms with Gasteiger partial charge in [0.05, 0.1) is 57.4 Å². The van der Waals surface area contributed by atoms with Crippen molar-refractivity contribution in [3.8, 4) is 6.07 Å². The Labute approximate surface area is 361 Å². The van der Waals surface area contributed by atoms with Crippen LogP contribution in [-0.4, -0.2) is 114 Å². The van der Waals surface area contributed by atoms with Crippen LogP contribution in [0.5, 0.6) is 0 Å². The largest absolute Gasteiger partial charge is 0.695 e. The van der Waals surface area contributed by atoms with E-state index >= 15 is 0 Å². The highest BCUT2D eigenvalue weighted by molar-refractivity contribution is 8.07. The van der Waals surface area contributed by atoms with Crippen molar-refractivity contribution < 1.29 is 51.4 Å². The lowest BCUT2D eigenvalue weighted by Gasteiger charge is -2.40. The number of nitrogens with one attached hydrogen (secondary N) is 2. The van der Waals surface area contributed by atoms with Crippen molar-refractivity contribution in [2.45, 2.75) is 94.7 Å². The summed E-state index contributed by atoms with van der Waals surface area (Å²) in [5.41, 5.74) is 0.771. The van der Waals surface area contributed by atoms with Crippen LogP contribution in [0.2, 0.25) is 18.1 Å². The van der Waals surface area contributed by atoms with Crippen LogP contribution in [0.4, 0.5) is 5.82 Å². The zero-order valence-corrected chi connectivity index (χ0v) is 37.7. The smallest absolute Gasteiger partial charge is 0.406 e. The van der Waals surface area contributed by atoms with E-state index in [-0.39, 0.29) is 52.6 Å². The van der Waals surface area contributed by atoms with Crippen LogP contribution in [0.15, 0.2) is 60.4 Å². The summed E-state index contributed by atoms with van der Waals surface area (Å²) >= 11 is 5.90. The van der Waals surface area contributed by atoms with Gasteiger partial charge in [-0.25, -0.2) is 24.9 Å². The third kappa shape index (κ3) is 9.75. The molecule has 62 heavy (non-hydrogen) atoms. The van der Waals surface area contributed by atoms with Gasteiger partial charge in [0.25, 0.3) is 11.5 Å². The summed E-state index contributed by atoms with van der Waals surface area (Å²) in [6, 6.07) is 10.6. The van der Waals surface area contributed by atoms with Crippen LogP contribution in [0.25, 0.3) is 22.3 Å². The van der Waals surface area contributed by atoms with Crippen LogP contribution in [0, 0.1) is 11.3 Å². The second-order valence-corrected chi connectivity index (χ2v) is 24.2. The number of nitriles is 1. The molecule has 2 aliphatic rings. The summed E-state index contributed by atoms with van der Waals surface area (Å²) in [4.78, 5) is 59.8. The summed E-state index contributed by atoms with van der Waals surface area (Å²) in [6.45, 7) is 5.14. The summed E-state index contributed by atoms with van der Waals surface area (Å²) < 4.78 is 59.5. The molecule has 0 aliphatic carbocycles. The first-order chi connectivity index (χ1) is 29.5. The predicted octanol–water partition coefficient (Wildman–Crippen LogP) is 4.37. The minimum absolute atomic E-state index is 0.0654. The van der Waals surface area contributed by atoms with Gasteiger partial charge in [-0.2, -0.15) is 5.26 Å². The molecule has 1 amide bonds. The number of aliphatic hydroxyl groups is 1. The van der Waals surface area contributed by atoms with E-state index in [1.165, 1.54) is 29.9 Å². The Bertz CT molecular complexity index is 2570. The number of ether oxygens (including phenoxy) is 2. The average Bonchev–Trinajstić information content (AvgIpc) is 4.02. The molecule has 1 aromatic carbocycles. The van der Waals surface area contributed by atoms with Crippen LogP contribution < -0.4 is 10.9 Å². The van der Waals surface area contributed by atoms with E-state index in [1.807, 2.05) is 39.9 Å². The number of hydrogen-bond acceptors (Lipinski definition) is 18. The predicted molar refractivity (Wildman–Crippen MR) is 225 cm³/mol. The van der Waals surface area contributed by atoms with E-state index in [0.717, 1.165) is 0 Å². The SMILES string of the molecule is CC(C)(C)[Si](C)(C)OC1C(O[P+](=O)O)C(COP(=S)(OCCC#N)OC2CC(n3cnc4c(=O)[nH]cnc43)OC2CO)OC1n1cnc2c(NC(=O)c3ccccc3)ncnc21. The number of H-pyrrole nitrogens is 1. The van der Waals surface area contributed by atoms with Gasteiger partial charge < -0.3 is 42.9 Å². The first kappa shape index (κ1) is 45.7. The fourth-order valence-corrected chi connectivity index (χ4v) is 10.6. The van der Waals surface area contributed by atoms with Gasteiger partial charge in [0.2, 0.25) is 0 Å². The van der Waals surface area contributed by atoms with Crippen LogP contribution >= 0.6 is 15.0 Å². The molecule has 2 aliphatic heterocycles. The molecule has 0 bridgehead atoms. The van der Waals surface area contributed by atoms with Gasteiger partial charge >= 0.3 is 15.0 Å². The zero-order valence-electron chi connectivity index (χ0n) is 34.1. The number of hydrogen-bond donors (Lipinski definition) is 4. The van der Waals surface area contributed by atoms with E-state index in [1.54, 1.807) is 34.9 Å². The van der Waals surface area contributed by atoms with Crippen molar-refractivity contribution in [1.29, 1.82) is 5.26 Å². The van der Waals surface area contributed by atoms with Gasteiger partial charge in [-0.15, -0.1) is 9.42 Å². The molecule has 9 atom stereocenters. The minimum Gasteiger partial charge on any atom is -0.406 e. The number of nitrogens with zero attached hydrogens (tertiary/aromatic N) is 8. The van der Waals surface area contributed by atoms with Gasteiger partial charge in [0.1, 0.15) is 30.9 Å². The maximum atomic E-state index is 13.1. The van der Waals surface area contributed by atoms with Crippen molar-refractivity contribution in [3.05, 3.63) is 71.6 Å². The highest BCUT2D eigenvalue weighted by Crippen LogP contribution is 2.55. The van der Waals surface area contributed by atoms with Crippen LogP contribution in [0.1, 0.15) is 56.4 Å². The minimum atomic E-state index is -3.86. The molecule has 330 valence electrons. The number of carbonyl (C=O) groups is 1. The molecule has 0 saturated carbocycles. The maximum absolute atomic E-state index is 13.1. The summed E-state index contributed by atoms with van der Waals surface area (Å²) in [7, 11) is -5.95. The van der Waals surface area contributed by atoms with Crippen molar-refractivity contribution in [1.82, 2.24) is 39.0 Å². The number of carbonyl (C=O) groups excluding carboxylic acids is 1.